The lowest BCUT2D eigenvalue weighted by Gasteiger charge is -2.26. The number of phenols is 1. The van der Waals surface area contributed by atoms with Crippen LogP contribution in [0.3, 0.4) is 0 Å². The predicted octanol–water partition coefficient (Wildman–Crippen LogP) is 0.868. The summed E-state index contributed by atoms with van der Waals surface area (Å²) >= 11 is 0. The Morgan fingerprint density at radius 3 is 2.67 bits per heavy atom. The Hall–Kier alpha value is -2.94. The van der Waals surface area contributed by atoms with Gasteiger partial charge in [-0.05, 0) is 29.8 Å². The lowest BCUT2D eigenvalue weighted by Crippen LogP contribution is -2.37. The van der Waals surface area contributed by atoms with E-state index in [9.17, 15) is 5.11 Å². The van der Waals surface area contributed by atoms with Gasteiger partial charge in [0, 0.05) is 13.1 Å². The summed E-state index contributed by atoms with van der Waals surface area (Å²) in [5, 5.41) is 13.4. The maximum Gasteiger partial charge on any atom is 0.322 e. The van der Waals surface area contributed by atoms with E-state index >= 15 is 0 Å². The van der Waals surface area contributed by atoms with Crippen LogP contribution < -0.4 is 15.1 Å². The number of hydrogen-bond acceptors (Lipinski definition) is 9. The van der Waals surface area contributed by atoms with Crippen molar-refractivity contribution in [2.24, 2.45) is 5.10 Å². The molecular weight excluding hydrogens is 312 g/mol. The number of aromatic hydroxyl groups is 1. The third-order valence-corrected chi connectivity index (χ3v) is 3.35. The van der Waals surface area contributed by atoms with Crippen molar-refractivity contribution in [3.8, 4) is 11.8 Å². The highest BCUT2D eigenvalue weighted by Gasteiger charge is 2.16. The van der Waals surface area contributed by atoms with E-state index in [2.05, 4.69) is 25.5 Å². The van der Waals surface area contributed by atoms with Crippen LogP contribution in [0.4, 0.5) is 11.9 Å². The van der Waals surface area contributed by atoms with Crippen LogP contribution in [0.1, 0.15) is 5.56 Å². The first-order chi connectivity index (χ1) is 11.7. The third-order valence-electron chi connectivity index (χ3n) is 3.35. The van der Waals surface area contributed by atoms with Gasteiger partial charge in [-0.15, -0.1) is 0 Å². The van der Waals surface area contributed by atoms with Gasteiger partial charge in [-0.1, -0.05) is 0 Å². The van der Waals surface area contributed by atoms with Crippen molar-refractivity contribution < 1.29 is 14.6 Å². The lowest BCUT2D eigenvalue weighted by atomic mass is 10.2. The Bertz CT molecular complexity index is 701. The van der Waals surface area contributed by atoms with Gasteiger partial charge in [0.2, 0.25) is 5.95 Å². The first-order valence-electron chi connectivity index (χ1n) is 7.45. The van der Waals surface area contributed by atoms with Gasteiger partial charge in [-0.25, -0.2) is 5.43 Å². The standard InChI is InChI=1S/C15H18N6O3/c1-23-15-18-13(17-14(19-15)21-6-8-24-9-7-21)20-16-10-11-2-4-12(22)5-3-11/h2-5,10,22H,6-9H2,1H3,(H,17,18,19,20)/b16-10+. The normalized spacial score (nSPS) is 14.8. The molecule has 0 aliphatic carbocycles. The number of anilines is 2. The van der Waals surface area contributed by atoms with E-state index in [1.807, 2.05) is 4.90 Å². The molecule has 3 rings (SSSR count). The molecule has 1 aromatic heterocycles. The number of phenolic OH excluding ortho intramolecular Hbond substituents is 1. The molecule has 2 heterocycles. The number of methoxy groups -OCH3 is 1. The Balaban J connectivity index is 1.73. The van der Waals surface area contributed by atoms with E-state index < -0.39 is 0 Å². The number of hydrazone groups is 1. The van der Waals surface area contributed by atoms with Crippen LogP contribution in [0.25, 0.3) is 0 Å². The molecule has 0 saturated carbocycles. The van der Waals surface area contributed by atoms with Crippen molar-refractivity contribution in [2.45, 2.75) is 0 Å². The van der Waals surface area contributed by atoms with Gasteiger partial charge in [0.1, 0.15) is 5.75 Å². The van der Waals surface area contributed by atoms with Crippen LogP contribution in [0, 0.1) is 0 Å². The fraction of sp³-hybridized carbons (Fsp3) is 0.333. The molecular formula is C15H18N6O3. The Labute approximate surface area is 139 Å². The maximum atomic E-state index is 9.26. The Morgan fingerprint density at radius 2 is 1.96 bits per heavy atom. The zero-order chi connectivity index (χ0) is 16.8. The number of morpholine rings is 1. The summed E-state index contributed by atoms with van der Waals surface area (Å²) < 4.78 is 10.5. The second kappa shape index (κ2) is 7.55. The average Bonchev–Trinajstić information content (AvgIpc) is 2.64. The summed E-state index contributed by atoms with van der Waals surface area (Å²) in [4.78, 5) is 14.7. The number of aromatic nitrogens is 3. The summed E-state index contributed by atoms with van der Waals surface area (Å²) in [6.45, 7) is 2.69. The molecule has 2 aromatic rings. The second-order valence-electron chi connectivity index (χ2n) is 5.01. The van der Waals surface area contributed by atoms with Crippen molar-refractivity contribution in [1.82, 2.24) is 15.0 Å². The Kier molecular flexibility index (Phi) is 5.02. The molecule has 126 valence electrons. The fourth-order valence-electron chi connectivity index (χ4n) is 2.12. The fourth-order valence-corrected chi connectivity index (χ4v) is 2.12. The topological polar surface area (TPSA) is 105 Å². The van der Waals surface area contributed by atoms with E-state index in [1.54, 1.807) is 30.5 Å². The van der Waals surface area contributed by atoms with E-state index in [-0.39, 0.29) is 11.8 Å². The van der Waals surface area contributed by atoms with Crippen molar-refractivity contribution >= 4 is 18.1 Å². The highest BCUT2D eigenvalue weighted by molar-refractivity contribution is 5.80. The van der Waals surface area contributed by atoms with E-state index in [0.29, 0.717) is 38.2 Å². The molecule has 0 bridgehead atoms. The molecule has 0 amide bonds. The van der Waals surface area contributed by atoms with Crippen molar-refractivity contribution in [2.75, 3.05) is 43.7 Å². The number of ether oxygens (including phenoxy) is 2. The van der Waals surface area contributed by atoms with Crippen LogP contribution >= 0.6 is 0 Å². The number of nitrogens with one attached hydrogen (secondary N) is 1. The molecule has 1 aliphatic heterocycles. The molecule has 1 fully saturated rings. The third kappa shape index (κ3) is 4.07. The zero-order valence-electron chi connectivity index (χ0n) is 13.2. The van der Waals surface area contributed by atoms with Crippen LogP contribution in [0.15, 0.2) is 29.4 Å². The van der Waals surface area contributed by atoms with Crippen LogP contribution in [-0.4, -0.2) is 59.7 Å². The maximum absolute atomic E-state index is 9.26. The van der Waals surface area contributed by atoms with Crippen molar-refractivity contribution in [3.63, 3.8) is 0 Å². The summed E-state index contributed by atoms with van der Waals surface area (Å²) in [5.41, 5.74) is 3.60. The van der Waals surface area contributed by atoms with E-state index in [0.717, 1.165) is 5.56 Å². The first kappa shape index (κ1) is 15.9. The van der Waals surface area contributed by atoms with Gasteiger partial charge in [-0.3, -0.25) is 0 Å². The van der Waals surface area contributed by atoms with Crippen molar-refractivity contribution in [1.29, 1.82) is 0 Å². The summed E-state index contributed by atoms with van der Waals surface area (Å²) in [7, 11) is 1.50. The SMILES string of the molecule is COc1nc(N/N=C/c2ccc(O)cc2)nc(N2CCOCC2)n1. The van der Waals surface area contributed by atoms with E-state index in [4.69, 9.17) is 9.47 Å². The predicted molar refractivity (Wildman–Crippen MR) is 88.7 cm³/mol. The van der Waals surface area contributed by atoms with Gasteiger partial charge in [0.15, 0.2) is 0 Å². The number of rotatable bonds is 5. The lowest BCUT2D eigenvalue weighted by molar-refractivity contribution is 0.122. The molecule has 0 radical (unpaired) electrons. The molecule has 2 N–H and O–H groups in total. The number of nitrogens with zero attached hydrogens (tertiary/aromatic N) is 5. The summed E-state index contributed by atoms with van der Waals surface area (Å²) in [6, 6.07) is 6.88. The molecule has 9 heteroatoms. The van der Waals surface area contributed by atoms with Gasteiger partial charge < -0.3 is 19.5 Å². The quantitative estimate of drug-likeness (QED) is 0.614. The molecule has 1 aliphatic rings. The first-order valence-corrected chi connectivity index (χ1v) is 7.45. The molecule has 0 atom stereocenters. The van der Waals surface area contributed by atoms with Crippen LogP contribution in [0.2, 0.25) is 0 Å². The molecule has 1 aromatic carbocycles. The highest BCUT2D eigenvalue weighted by atomic mass is 16.5. The van der Waals surface area contributed by atoms with Crippen LogP contribution in [-0.2, 0) is 4.74 Å². The number of hydrogen-bond donors (Lipinski definition) is 2. The molecule has 0 spiro atoms. The largest absolute Gasteiger partial charge is 0.508 e. The Morgan fingerprint density at radius 1 is 1.21 bits per heavy atom. The average molecular weight is 330 g/mol. The summed E-state index contributed by atoms with van der Waals surface area (Å²) in [6.07, 6.45) is 1.60. The van der Waals surface area contributed by atoms with Crippen molar-refractivity contribution in [3.05, 3.63) is 29.8 Å². The van der Waals surface area contributed by atoms with E-state index in [1.165, 1.54) is 7.11 Å². The minimum atomic E-state index is 0.206. The smallest absolute Gasteiger partial charge is 0.322 e. The van der Waals surface area contributed by atoms with Gasteiger partial charge >= 0.3 is 6.01 Å². The number of benzene rings is 1. The molecule has 0 unspecified atom stereocenters. The highest BCUT2D eigenvalue weighted by Crippen LogP contribution is 2.16. The monoisotopic (exact) mass is 330 g/mol. The van der Waals surface area contributed by atoms with Gasteiger partial charge in [0.05, 0.1) is 26.5 Å². The molecule has 9 nitrogen and oxygen atoms in total. The second-order valence-corrected chi connectivity index (χ2v) is 5.01. The molecule has 1 saturated heterocycles. The minimum absolute atomic E-state index is 0.206. The minimum Gasteiger partial charge on any atom is -0.508 e. The van der Waals surface area contributed by atoms with Gasteiger partial charge in [-0.2, -0.15) is 20.1 Å². The molecule has 24 heavy (non-hydrogen) atoms. The van der Waals surface area contributed by atoms with Crippen LogP contribution in [0.5, 0.6) is 11.8 Å². The zero-order valence-corrected chi connectivity index (χ0v) is 13.2. The summed E-state index contributed by atoms with van der Waals surface area (Å²) in [5.74, 6) is 1.02. The van der Waals surface area contributed by atoms with Gasteiger partial charge in [0.25, 0.3) is 5.95 Å².